The van der Waals surface area contributed by atoms with Crippen LogP contribution >= 0.6 is 23.2 Å². The third kappa shape index (κ3) is 6.05. The van der Waals surface area contributed by atoms with Crippen LogP contribution in [0.15, 0.2) is 67.0 Å². The van der Waals surface area contributed by atoms with E-state index < -0.39 is 5.91 Å². The van der Waals surface area contributed by atoms with Gasteiger partial charge in [-0.25, -0.2) is 0 Å². The first-order valence-electron chi connectivity index (χ1n) is 11.0. The number of hydrogen-bond acceptors (Lipinski definition) is 5. The molecule has 0 spiro atoms. The first-order valence-corrected chi connectivity index (χ1v) is 11.8. The van der Waals surface area contributed by atoms with Crippen molar-refractivity contribution in [1.29, 1.82) is 0 Å². The van der Waals surface area contributed by atoms with Gasteiger partial charge in [-0.2, -0.15) is 0 Å². The van der Waals surface area contributed by atoms with Crippen molar-refractivity contribution in [2.24, 2.45) is 0 Å². The molecule has 0 aliphatic carbocycles. The Labute approximate surface area is 208 Å². The number of hydrogen-bond donors (Lipinski definition) is 2. The summed E-state index contributed by atoms with van der Waals surface area (Å²) < 4.78 is 0. The van der Waals surface area contributed by atoms with Crippen LogP contribution in [0.5, 0.6) is 0 Å². The molecule has 1 aromatic heterocycles. The second-order valence-corrected chi connectivity index (χ2v) is 8.73. The normalized spacial score (nSPS) is 14.0. The maximum atomic E-state index is 12.7. The van der Waals surface area contributed by atoms with Gasteiger partial charge in [0.25, 0.3) is 11.8 Å². The molecule has 4 rings (SSSR count). The fourth-order valence-electron chi connectivity index (χ4n) is 3.81. The second kappa shape index (κ2) is 11.3. The van der Waals surface area contributed by atoms with Gasteiger partial charge in [0.1, 0.15) is 0 Å². The third-order valence-corrected chi connectivity index (χ3v) is 6.37. The molecule has 2 amide bonds. The Hall–Kier alpha value is -3.13. The van der Waals surface area contributed by atoms with E-state index in [9.17, 15) is 9.59 Å². The molecular formula is C25H25Cl2N5O2. The zero-order valence-corrected chi connectivity index (χ0v) is 20.0. The van der Waals surface area contributed by atoms with Crippen molar-refractivity contribution in [3.63, 3.8) is 0 Å². The molecule has 2 heterocycles. The second-order valence-electron chi connectivity index (χ2n) is 7.92. The molecule has 1 fully saturated rings. The summed E-state index contributed by atoms with van der Waals surface area (Å²) in [7, 11) is 0. The smallest absolute Gasteiger partial charge is 0.257 e. The summed E-state index contributed by atoms with van der Waals surface area (Å²) in [4.78, 5) is 34.0. The third-order valence-electron chi connectivity index (χ3n) is 5.71. The Morgan fingerprint density at radius 3 is 2.35 bits per heavy atom. The van der Waals surface area contributed by atoms with E-state index in [1.807, 2.05) is 24.5 Å². The van der Waals surface area contributed by atoms with Crippen molar-refractivity contribution in [3.8, 4) is 0 Å². The van der Waals surface area contributed by atoms with E-state index in [1.165, 1.54) is 5.69 Å². The average molecular weight is 498 g/mol. The molecule has 0 saturated carbocycles. The number of nitrogens with zero attached hydrogens (tertiary/aromatic N) is 3. The number of halogens is 2. The van der Waals surface area contributed by atoms with Crippen LogP contribution < -0.4 is 15.5 Å². The number of aromatic nitrogens is 1. The van der Waals surface area contributed by atoms with E-state index in [2.05, 4.69) is 25.4 Å². The van der Waals surface area contributed by atoms with Crippen molar-refractivity contribution in [3.05, 3.63) is 88.2 Å². The molecule has 0 unspecified atom stereocenters. The van der Waals surface area contributed by atoms with Crippen LogP contribution in [0, 0.1) is 0 Å². The van der Waals surface area contributed by atoms with E-state index >= 15 is 0 Å². The number of rotatable bonds is 7. The molecule has 0 bridgehead atoms. The Balaban J connectivity index is 1.27. The van der Waals surface area contributed by atoms with Crippen molar-refractivity contribution < 1.29 is 9.59 Å². The number of piperazine rings is 1. The Morgan fingerprint density at radius 2 is 1.62 bits per heavy atom. The van der Waals surface area contributed by atoms with E-state index in [-0.39, 0.29) is 5.91 Å². The Bertz CT molecular complexity index is 1150. The van der Waals surface area contributed by atoms with Crippen LogP contribution in [0.4, 0.5) is 11.4 Å². The topological polar surface area (TPSA) is 77.6 Å². The number of pyridine rings is 1. The van der Waals surface area contributed by atoms with E-state index in [4.69, 9.17) is 23.2 Å². The van der Waals surface area contributed by atoms with Gasteiger partial charge < -0.3 is 15.5 Å². The highest BCUT2D eigenvalue weighted by Gasteiger charge is 2.18. The lowest BCUT2D eigenvalue weighted by Gasteiger charge is -2.36. The minimum atomic E-state index is -0.393. The van der Waals surface area contributed by atoms with Crippen molar-refractivity contribution in [2.45, 2.75) is 0 Å². The lowest BCUT2D eigenvalue weighted by molar-refractivity contribution is 0.0946. The maximum Gasteiger partial charge on any atom is 0.257 e. The fraction of sp³-hybridized carbons (Fsp3) is 0.240. The molecular weight excluding hydrogens is 473 g/mol. The molecule has 0 atom stereocenters. The molecule has 0 radical (unpaired) electrons. The highest BCUT2D eigenvalue weighted by Crippen LogP contribution is 2.25. The minimum absolute atomic E-state index is 0.222. The van der Waals surface area contributed by atoms with E-state index in [0.717, 1.165) is 32.7 Å². The zero-order chi connectivity index (χ0) is 23.9. The zero-order valence-electron chi connectivity index (χ0n) is 18.5. The number of amides is 2. The van der Waals surface area contributed by atoms with Crippen molar-refractivity contribution in [2.75, 3.05) is 49.5 Å². The highest BCUT2D eigenvalue weighted by molar-refractivity contribution is 6.36. The first-order chi connectivity index (χ1) is 16.5. The van der Waals surface area contributed by atoms with Gasteiger partial charge in [0.15, 0.2) is 0 Å². The lowest BCUT2D eigenvalue weighted by atomic mass is 10.1. The van der Waals surface area contributed by atoms with Crippen molar-refractivity contribution in [1.82, 2.24) is 15.2 Å². The standard InChI is InChI=1S/C25H25Cl2N5O2/c26-21-4-2-1-3-20(21)25(34)30-23-17-18(5-6-22(23)27)24(33)29-11-12-31-13-15-32(16-14-31)19-7-9-28-10-8-19/h1-10,17H,11-16H2,(H,29,33)(H,30,34). The summed E-state index contributed by atoms with van der Waals surface area (Å²) >= 11 is 12.3. The molecule has 2 N–H and O–H groups in total. The predicted octanol–water partition coefficient (Wildman–Crippen LogP) is 4.19. The number of carbonyl (C=O) groups is 2. The van der Waals surface area contributed by atoms with Crippen LogP contribution in [0.3, 0.4) is 0 Å². The molecule has 9 heteroatoms. The summed E-state index contributed by atoms with van der Waals surface area (Å²) in [5.74, 6) is -0.615. The molecule has 1 aliphatic rings. The maximum absolute atomic E-state index is 12.7. The number of nitrogens with one attached hydrogen (secondary N) is 2. The summed E-state index contributed by atoms with van der Waals surface area (Å²) in [5, 5.41) is 6.36. The number of carbonyl (C=O) groups excluding carboxylic acids is 2. The van der Waals surface area contributed by atoms with Gasteiger partial charge in [0, 0.05) is 62.9 Å². The van der Waals surface area contributed by atoms with Crippen LogP contribution in [0.2, 0.25) is 10.0 Å². The largest absolute Gasteiger partial charge is 0.369 e. The van der Waals surface area contributed by atoms with Gasteiger partial charge in [-0.05, 0) is 42.5 Å². The number of benzene rings is 2. The molecule has 34 heavy (non-hydrogen) atoms. The molecule has 1 aliphatic heterocycles. The minimum Gasteiger partial charge on any atom is -0.369 e. The van der Waals surface area contributed by atoms with Gasteiger partial charge in [0.05, 0.1) is 21.3 Å². The van der Waals surface area contributed by atoms with E-state index in [1.54, 1.807) is 42.5 Å². The molecule has 176 valence electrons. The SMILES string of the molecule is O=C(NCCN1CCN(c2ccncc2)CC1)c1ccc(Cl)c(NC(=O)c2ccccc2Cl)c1. The fourth-order valence-corrected chi connectivity index (χ4v) is 4.20. The summed E-state index contributed by atoms with van der Waals surface area (Å²) in [6.07, 6.45) is 3.61. The molecule has 2 aromatic carbocycles. The van der Waals surface area contributed by atoms with Crippen LogP contribution in [-0.2, 0) is 0 Å². The summed E-state index contributed by atoms with van der Waals surface area (Å²) in [5.41, 5.74) is 2.29. The Kier molecular flexibility index (Phi) is 8.00. The van der Waals surface area contributed by atoms with Gasteiger partial charge in [-0.1, -0.05) is 35.3 Å². The predicted molar refractivity (Wildman–Crippen MR) is 136 cm³/mol. The summed E-state index contributed by atoms with van der Waals surface area (Å²) in [6.45, 7) is 5.01. The van der Waals surface area contributed by atoms with Crippen LogP contribution in [0.25, 0.3) is 0 Å². The van der Waals surface area contributed by atoms with Gasteiger partial charge in [-0.15, -0.1) is 0 Å². The monoisotopic (exact) mass is 497 g/mol. The molecule has 3 aromatic rings. The number of anilines is 2. The van der Waals surface area contributed by atoms with Crippen LogP contribution in [-0.4, -0.2) is 61.0 Å². The average Bonchev–Trinajstić information content (AvgIpc) is 2.86. The van der Waals surface area contributed by atoms with Gasteiger partial charge >= 0.3 is 0 Å². The Morgan fingerprint density at radius 1 is 0.882 bits per heavy atom. The molecule has 7 nitrogen and oxygen atoms in total. The first kappa shape index (κ1) is 24.0. The van der Waals surface area contributed by atoms with Crippen molar-refractivity contribution >= 4 is 46.4 Å². The summed E-state index contributed by atoms with van der Waals surface area (Å²) in [6, 6.07) is 15.6. The lowest BCUT2D eigenvalue weighted by Crippen LogP contribution is -2.48. The quantitative estimate of drug-likeness (QED) is 0.511. The van der Waals surface area contributed by atoms with Gasteiger partial charge in [-0.3, -0.25) is 19.5 Å². The van der Waals surface area contributed by atoms with E-state index in [0.29, 0.717) is 33.4 Å². The van der Waals surface area contributed by atoms with Crippen LogP contribution in [0.1, 0.15) is 20.7 Å². The highest BCUT2D eigenvalue weighted by atomic mass is 35.5. The van der Waals surface area contributed by atoms with Gasteiger partial charge in [0.2, 0.25) is 0 Å². The molecule has 1 saturated heterocycles.